The topological polar surface area (TPSA) is 124 Å². The first-order chi connectivity index (χ1) is 16.8. The first kappa shape index (κ1) is 28.6. The highest BCUT2D eigenvalue weighted by Crippen LogP contribution is 2.47. The number of halogens is 1. The van der Waals surface area contributed by atoms with Gasteiger partial charge in [0, 0.05) is 6.20 Å². The molecule has 1 aliphatic rings. The quantitative estimate of drug-likeness (QED) is 0.219. The molecule has 198 valence electrons. The number of H-pyrrole nitrogens is 1. The smallest absolute Gasteiger partial charge is 0.459 e. The molecule has 0 radical (unpaired) electrons. The van der Waals surface area contributed by atoms with E-state index in [0.29, 0.717) is 4.64 Å². The minimum atomic E-state index is -4.25. The molecule has 6 atom stereocenters. The van der Waals surface area contributed by atoms with E-state index in [1.54, 1.807) is 44.2 Å². The molecule has 36 heavy (non-hydrogen) atoms. The lowest BCUT2D eigenvalue weighted by Crippen LogP contribution is -2.42. The number of benzene rings is 1. The Bertz CT molecular complexity index is 1220. The van der Waals surface area contributed by atoms with Crippen molar-refractivity contribution < 1.29 is 37.4 Å². The van der Waals surface area contributed by atoms with Gasteiger partial charge in [0.2, 0.25) is 0 Å². The second kappa shape index (κ2) is 11.6. The summed E-state index contributed by atoms with van der Waals surface area (Å²) in [7, 11) is -4.25. The first-order valence-electron chi connectivity index (χ1n) is 11.1. The van der Waals surface area contributed by atoms with E-state index >= 15 is 4.39 Å². The number of alkyl halides is 1. The fraction of sp³-hybridized carbons (Fsp3) is 0.500. The first-order valence-corrected chi connectivity index (χ1v) is 13.5. The van der Waals surface area contributed by atoms with Gasteiger partial charge in [-0.05, 0) is 58.1 Å². The Morgan fingerprint density at radius 1 is 1.31 bits per heavy atom. The minimum absolute atomic E-state index is 0.124. The Hall–Kier alpha value is -1.99. The Morgan fingerprint density at radius 2 is 1.97 bits per heavy atom. The van der Waals surface area contributed by atoms with Crippen LogP contribution in [0.5, 0.6) is 5.75 Å². The predicted octanol–water partition coefficient (Wildman–Crippen LogP) is 4.40. The van der Waals surface area contributed by atoms with Crippen LogP contribution in [-0.2, 0) is 23.4 Å². The number of carbonyl (C=O) groups excluding carboxylic acids is 1. The summed E-state index contributed by atoms with van der Waals surface area (Å²) < 4.78 is 52.7. The normalized spacial score (nSPS) is 26.4. The Labute approximate surface area is 218 Å². The van der Waals surface area contributed by atoms with E-state index < -0.39 is 56.6 Å². The van der Waals surface area contributed by atoms with Gasteiger partial charge in [0.25, 0.3) is 0 Å². The summed E-state index contributed by atoms with van der Waals surface area (Å²) in [5.41, 5.74) is -2.00. The molecule has 0 spiro atoms. The molecule has 14 heteroatoms. The monoisotopic (exact) mass is 561 g/mol. The van der Waals surface area contributed by atoms with E-state index in [2.05, 4.69) is 10.1 Å². The van der Waals surface area contributed by atoms with Gasteiger partial charge in [-0.25, -0.2) is 8.96 Å². The predicted molar refractivity (Wildman–Crippen MR) is 134 cm³/mol. The molecule has 2 heterocycles. The number of para-hydroxylation sites is 1. The highest BCUT2D eigenvalue weighted by molar-refractivity contribution is 7.72. The van der Waals surface area contributed by atoms with Crippen LogP contribution >= 0.6 is 32.2 Å². The maximum Gasteiger partial charge on any atom is 0.459 e. The van der Waals surface area contributed by atoms with Crippen LogP contribution in [0.4, 0.5) is 4.39 Å². The van der Waals surface area contributed by atoms with Crippen LogP contribution in [0, 0.1) is 9.41 Å². The fourth-order valence-corrected chi connectivity index (χ4v) is 5.46. The SMILES string of the molecule is CC(C)OC(=O)C(C)NP(=O)(OCC1OC(n2ccc(=S)[nH]c2=S)C(C)(O)C1F)Oc1ccccc1. The van der Waals surface area contributed by atoms with Gasteiger partial charge in [0.05, 0.1) is 12.7 Å². The van der Waals surface area contributed by atoms with Gasteiger partial charge in [-0.3, -0.25) is 13.9 Å². The third-order valence-electron chi connectivity index (χ3n) is 5.23. The summed E-state index contributed by atoms with van der Waals surface area (Å²) in [6.07, 6.45) is -3.43. The van der Waals surface area contributed by atoms with Crippen LogP contribution < -0.4 is 9.61 Å². The van der Waals surface area contributed by atoms with Gasteiger partial charge in [0.1, 0.15) is 28.1 Å². The lowest BCUT2D eigenvalue weighted by molar-refractivity contribution is -0.149. The summed E-state index contributed by atoms with van der Waals surface area (Å²) in [4.78, 5) is 15.0. The summed E-state index contributed by atoms with van der Waals surface area (Å²) in [6.45, 7) is 5.46. The lowest BCUT2D eigenvalue weighted by atomic mass is 9.98. The second-order valence-corrected chi connectivity index (χ2v) is 11.2. The molecule has 0 bridgehead atoms. The van der Waals surface area contributed by atoms with Crippen molar-refractivity contribution in [3.05, 3.63) is 52.0 Å². The molecule has 0 saturated carbocycles. The van der Waals surface area contributed by atoms with E-state index in [-0.39, 0.29) is 10.5 Å². The number of esters is 1. The van der Waals surface area contributed by atoms with Gasteiger partial charge < -0.3 is 24.1 Å². The van der Waals surface area contributed by atoms with Crippen molar-refractivity contribution in [2.45, 2.75) is 63.9 Å². The molecule has 0 amide bonds. The Balaban J connectivity index is 1.80. The number of hydrogen-bond donors (Lipinski definition) is 3. The summed E-state index contributed by atoms with van der Waals surface area (Å²) in [5, 5.41) is 13.4. The zero-order valence-corrected chi connectivity index (χ0v) is 22.6. The van der Waals surface area contributed by atoms with E-state index in [0.717, 1.165) is 0 Å². The molecule has 3 rings (SSSR count). The van der Waals surface area contributed by atoms with Gasteiger partial charge in [-0.1, -0.05) is 30.4 Å². The summed E-state index contributed by atoms with van der Waals surface area (Å²) >= 11 is 10.3. The maximum absolute atomic E-state index is 15.3. The third-order valence-corrected chi connectivity index (χ3v) is 7.42. The van der Waals surface area contributed by atoms with Crippen LogP contribution in [-0.4, -0.2) is 57.3 Å². The summed E-state index contributed by atoms with van der Waals surface area (Å²) in [6, 6.07) is 8.58. The molecular formula is C22H29FN3O7PS2. The van der Waals surface area contributed by atoms with E-state index in [1.165, 1.54) is 30.7 Å². The standard InChI is InChI=1S/C22H29FN3O7PS2/c1-13(2)31-19(27)14(3)25-34(29,33-15-8-6-5-7-9-15)30-12-16-18(23)22(4,28)20(32-16)26-11-10-17(35)24-21(26)36/h5-11,13-14,16,18,20,28H,12H2,1-4H3,(H,25,29)(H,24,35,36). The second-order valence-electron chi connectivity index (χ2n) is 8.71. The zero-order valence-electron chi connectivity index (χ0n) is 20.1. The highest BCUT2D eigenvalue weighted by Gasteiger charge is 2.55. The Kier molecular flexibility index (Phi) is 9.20. The number of ether oxygens (including phenoxy) is 2. The molecule has 1 fully saturated rings. The van der Waals surface area contributed by atoms with Crippen LogP contribution in [0.15, 0.2) is 42.6 Å². The van der Waals surface area contributed by atoms with Crippen LogP contribution in [0.2, 0.25) is 0 Å². The molecule has 0 aliphatic carbocycles. The maximum atomic E-state index is 15.3. The Morgan fingerprint density at radius 3 is 2.58 bits per heavy atom. The molecule has 1 aliphatic heterocycles. The number of hydrogen-bond acceptors (Lipinski definition) is 9. The lowest BCUT2D eigenvalue weighted by Gasteiger charge is -2.27. The average molecular weight is 562 g/mol. The zero-order chi connectivity index (χ0) is 26.7. The van der Waals surface area contributed by atoms with Gasteiger partial charge in [-0.2, -0.15) is 5.09 Å². The molecule has 3 N–H and O–H groups in total. The number of rotatable bonds is 10. The van der Waals surface area contributed by atoms with Gasteiger partial charge in [0.15, 0.2) is 17.2 Å². The highest BCUT2D eigenvalue weighted by atomic mass is 32.1. The molecule has 10 nitrogen and oxygen atoms in total. The molecular weight excluding hydrogens is 532 g/mol. The molecule has 1 aromatic carbocycles. The van der Waals surface area contributed by atoms with Crippen LogP contribution in [0.3, 0.4) is 0 Å². The fourth-order valence-electron chi connectivity index (χ4n) is 3.47. The number of aromatic nitrogens is 2. The van der Waals surface area contributed by atoms with Crippen molar-refractivity contribution in [3.8, 4) is 5.75 Å². The largest absolute Gasteiger partial charge is 0.462 e. The third kappa shape index (κ3) is 6.86. The van der Waals surface area contributed by atoms with Crippen LogP contribution in [0.25, 0.3) is 0 Å². The number of nitrogens with one attached hydrogen (secondary N) is 2. The number of aromatic amines is 1. The molecule has 1 saturated heterocycles. The van der Waals surface area contributed by atoms with Crippen molar-refractivity contribution in [1.82, 2.24) is 14.6 Å². The number of aliphatic hydroxyl groups is 1. The van der Waals surface area contributed by atoms with Gasteiger partial charge >= 0.3 is 13.7 Å². The van der Waals surface area contributed by atoms with Crippen molar-refractivity contribution >= 4 is 38.2 Å². The van der Waals surface area contributed by atoms with Crippen molar-refractivity contribution in [1.29, 1.82) is 0 Å². The molecule has 1 aromatic heterocycles. The average Bonchev–Trinajstić information content (AvgIpc) is 3.01. The molecule has 6 unspecified atom stereocenters. The minimum Gasteiger partial charge on any atom is -0.462 e. The van der Waals surface area contributed by atoms with Crippen LogP contribution in [0.1, 0.15) is 33.9 Å². The van der Waals surface area contributed by atoms with Crippen molar-refractivity contribution in [2.75, 3.05) is 6.61 Å². The van der Waals surface area contributed by atoms with Crippen molar-refractivity contribution in [3.63, 3.8) is 0 Å². The molecule has 2 aromatic rings. The van der Waals surface area contributed by atoms with E-state index in [4.69, 9.17) is 43.0 Å². The van der Waals surface area contributed by atoms with E-state index in [1.807, 2.05) is 0 Å². The summed E-state index contributed by atoms with van der Waals surface area (Å²) in [5.74, 6) is -0.484. The number of carbonyl (C=O) groups is 1. The number of nitrogens with zero attached hydrogens (tertiary/aromatic N) is 1. The van der Waals surface area contributed by atoms with Crippen molar-refractivity contribution in [2.24, 2.45) is 0 Å². The van der Waals surface area contributed by atoms with Gasteiger partial charge in [-0.15, -0.1) is 0 Å². The van der Waals surface area contributed by atoms with E-state index in [9.17, 15) is 14.5 Å².